The summed E-state index contributed by atoms with van der Waals surface area (Å²) >= 11 is 0. The number of para-hydroxylation sites is 1. The number of ketones is 1. The van der Waals surface area contributed by atoms with Gasteiger partial charge in [-0.3, -0.25) is 9.78 Å². The number of aromatic amines is 1. The van der Waals surface area contributed by atoms with Gasteiger partial charge in [0.15, 0.2) is 5.78 Å². The Morgan fingerprint density at radius 3 is 2.60 bits per heavy atom. The van der Waals surface area contributed by atoms with Crippen LogP contribution in [-0.4, -0.2) is 15.8 Å². The second-order valence-electron chi connectivity index (χ2n) is 6.56. The monoisotopic (exact) mass is 331 g/mol. The van der Waals surface area contributed by atoms with Crippen LogP contribution in [0.25, 0.3) is 11.3 Å². The first-order valence-electron chi connectivity index (χ1n) is 8.76. The van der Waals surface area contributed by atoms with Gasteiger partial charge in [-0.1, -0.05) is 31.5 Å². The summed E-state index contributed by atoms with van der Waals surface area (Å²) in [4.78, 5) is 20.5. The van der Waals surface area contributed by atoms with Crippen LogP contribution in [0.5, 0.6) is 0 Å². The molecule has 1 unspecified atom stereocenters. The highest BCUT2D eigenvalue weighted by molar-refractivity contribution is 6.07. The van der Waals surface area contributed by atoms with Gasteiger partial charge in [0.1, 0.15) is 0 Å². The Bertz CT molecular complexity index is 884. The van der Waals surface area contributed by atoms with Crippen LogP contribution in [0.1, 0.15) is 35.8 Å². The van der Waals surface area contributed by atoms with Crippen LogP contribution in [0.3, 0.4) is 0 Å². The first-order valence-corrected chi connectivity index (χ1v) is 8.76. The Labute approximate surface area is 147 Å². The van der Waals surface area contributed by atoms with Gasteiger partial charge in [0.2, 0.25) is 0 Å². The molecule has 2 heterocycles. The molecule has 1 aliphatic rings. The van der Waals surface area contributed by atoms with Crippen molar-refractivity contribution in [2.75, 3.05) is 5.32 Å². The van der Waals surface area contributed by atoms with Gasteiger partial charge < -0.3 is 10.3 Å². The number of nitrogens with zero attached hydrogens (tertiary/aromatic N) is 1. The molecule has 0 saturated heterocycles. The van der Waals surface area contributed by atoms with E-state index in [1.807, 2.05) is 42.5 Å². The van der Waals surface area contributed by atoms with Gasteiger partial charge in [-0.2, -0.15) is 0 Å². The molecule has 0 saturated carbocycles. The largest absolute Gasteiger partial charge is 0.356 e. The smallest absolute Gasteiger partial charge is 0.167 e. The summed E-state index contributed by atoms with van der Waals surface area (Å²) in [6, 6.07) is 13.9. The number of hydrogen-bond donors (Lipinski definition) is 2. The molecule has 0 spiro atoms. The Balaban J connectivity index is 1.85. The predicted octanol–water partition coefficient (Wildman–Crippen LogP) is 4.98. The van der Waals surface area contributed by atoms with Crippen molar-refractivity contribution < 1.29 is 4.79 Å². The number of hydrogen-bond acceptors (Lipinski definition) is 3. The summed E-state index contributed by atoms with van der Waals surface area (Å²) in [6.07, 6.45) is 6.12. The van der Waals surface area contributed by atoms with Crippen LogP contribution >= 0.6 is 0 Å². The molecule has 1 aliphatic carbocycles. The Morgan fingerprint density at radius 1 is 1.12 bits per heavy atom. The summed E-state index contributed by atoms with van der Waals surface area (Å²) in [6.45, 7) is 2.15. The second kappa shape index (κ2) is 6.55. The van der Waals surface area contributed by atoms with E-state index in [0.29, 0.717) is 12.3 Å². The predicted molar refractivity (Wildman–Crippen MR) is 100 cm³/mol. The van der Waals surface area contributed by atoms with E-state index in [0.717, 1.165) is 46.7 Å². The van der Waals surface area contributed by atoms with Crippen LogP contribution in [0.2, 0.25) is 0 Å². The Kier molecular flexibility index (Phi) is 4.10. The summed E-state index contributed by atoms with van der Waals surface area (Å²) in [5, 5.41) is 3.47. The minimum Gasteiger partial charge on any atom is -0.356 e. The number of benzene rings is 1. The normalized spacial score (nSPS) is 16.5. The van der Waals surface area contributed by atoms with Crippen molar-refractivity contribution in [1.82, 2.24) is 9.97 Å². The van der Waals surface area contributed by atoms with Crippen molar-refractivity contribution in [2.45, 2.75) is 26.2 Å². The molecule has 0 fully saturated rings. The number of H-pyrrole nitrogens is 1. The maximum atomic E-state index is 12.8. The van der Waals surface area contributed by atoms with Crippen molar-refractivity contribution in [1.29, 1.82) is 0 Å². The number of aromatic nitrogens is 2. The van der Waals surface area contributed by atoms with Gasteiger partial charge in [0.05, 0.1) is 16.9 Å². The molecule has 4 nitrogen and oxygen atoms in total. The van der Waals surface area contributed by atoms with Crippen molar-refractivity contribution in [2.24, 2.45) is 5.92 Å². The van der Waals surface area contributed by atoms with E-state index in [-0.39, 0.29) is 5.78 Å². The van der Waals surface area contributed by atoms with Crippen molar-refractivity contribution in [3.8, 4) is 11.3 Å². The SMILES string of the molecule is CCC1CC(=O)c2c([nH]c(-c3ccncc3)c2Nc2ccccc2)C1. The van der Waals surface area contributed by atoms with Gasteiger partial charge in [0.25, 0.3) is 0 Å². The number of pyridine rings is 1. The quantitative estimate of drug-likeness (QED) is 0.709. The summed E-state index contributed by atoms with van der Waals surface area (Å²) < 4.78 is 0. The number of Topliss-reactive ketones (excluding diaryl/α,β-unsaturated/α-hetero) is 1. The lowest BCUT2D eigenvalue weighted by Crippen LogP contribution is -2.19. The van der Waals surface area contributed by atoms with E-state index in [9.17, 15) is 4.79 Å². The van der Waals surface area contributed by atoms with Gasteiger partial charge in [0, 0.05) is 35.8 Å². The van der Waals surface area contributed by atoms with Gasteiger partial charge in [-0.25, -0.2) is 0 Å². The molecule has 1 aromatic carbocycles. The fourth-order valence-corrected chi connectivity index (χ4v) is 3.55. The molecule has 2 N–H and O–H groups in total. The Morgan fingerprint density at radius 2 is 1.88 bits per heavy atom. The van der Waals surface area contributed by atoms with Crippen LogP contribution in [-0.2, 0) is 6.42 Å². The minimum absolute atomic E-state index is 0.225. The summed E-state index contributed by atoms with van der Waals surface area (Å²) in [5.74, 6) is 0.650. The van der Waals surface area contributed by atoms with Gasteiger partial charge in [-0.15, -0.1) is 0 Å². The highest BCUT2D eigenvalue weighted by Gasteiger charge is 2.30. The molecule has 0 bridgehead atoms. The fourth-order valence-electron chi connectivity index (χ4n) is 3.55. The first kappa shape index (κ1) is 15.6. The molecule has 0 amide bonds. The lowest BCUT2D eigenvalue weighted by Gasteiger charge is -2.20. The van der Waals surface area contributed by atoms with E-state index in [1.54, 1.807) is 12.4 Å². The number of nitrogens with one attached hydrogen (secondary N) is 2. The lowest BCUT2D eigenvalue weighted by molar-refractivity contribution is 0.0948. The topological polar surface area (TPSA) is 57.8 Å². The molecule has 3 aromatic rings. The number of carbonyl (C=O) groups is 1. The molecule has 126 valence electrons. The molecular formula is C21H21N3O. The molecule has 2 aromatic heterocycles. The maximum absolute atomic E-state index is 12.8. The molecular weight excluding hydrogens is 310 g/mol. The Hall–Kier alpha value is -2.88. The molecule has 0 radical (unpaired) electrons. The zero-order valence-electron chi connectivity index (χ0n) is 14.3. The molecule has 1 atom stereocenters. The highest BCUT2D eigenvalue weighted by atomic mass is 16.1. The second-order valence-corrected chi connectivity index (χ2v) is 6.56. The zero-order valence-corrected chi connectivity index (χ0v) is 14.3. The van der Waals surface area contributed by atoms with E-state index >= 15 is 0 Å². The van der Waals surface area contributed by atoms with E-state index in [1.165, 1.54) is 0 Å². The van der Waals surface area contributed by atoms with Crippen molar-refractivity contribution in [3.05, 3.63) is 66.1 Å². The summed E-state index contributed by atoms with van der Waals surface area (Å²) in [7, 11) is 0. The number of carbonyl (C=O) groups excluding carboxylic acids is 1. The molecule has 25 heavy (non-hydrogen) atoms. The third-order valence-electron chi connectivity index (χ3n) is 4.91. The van der Waals surface area contributed by atoms with Crippen LogP contribution in [0.15, 0.2) is 54.9 Å². The number of anilines is 2. The van der Waals surface area contributed by atoms with E-state index in [4.69, 9.17) is 0 Å². The number of fused-ring (bicyclic) bond motifs is 1. The average Bonchev–Trinajstić information content (AvgIpc) is 3.02. The fraction of sp³-hybridized carbons (Fsp3) is 0.238. The minimum atomic E-state index is 0.225. The van der Waals surface area contributed by atoms with Gasteiger partial charge in [-0.05, 0) is 36.6 Å². The third kappa shape index (κ3) is 2.95. The average molecular weight is 331 g/mol. The zero-order chi connectivity index (χ0) is 17.2. The van der Waals surface area contributed by atoms with Crippen LogP contribution in [0, 0.1) is 5.92 Å². The first-order chi connectivity index (χ1) is 12.3. The maximum Gasteiger partial charge on any atom is 0.167 e. The van der Waals surface area contributed by atoms with E-state index < -0.39 is 0 Å². The van der Waals surface area contributed by atoms with Gasteiger partial charge >= 0.3 is 0 Å². The molecule has 4 heteroatoms. The van der Waals surface area contributed by atoms with Crippen LogP contribution in [0.4, 0.5) is 11.4 Å². The van der Waals surface area contributed by atoms with Crippen molar-refractivity contribution >= 4 is 17.2 Å². The molecule has 4 rings (SSSR count). The third-order valence-corrected chi connectivity index (χ3v) is 4.91. The van der Waals surface area contributed by atoms with Crippen molar-refractivity contribution in [3.63, 3.8) is 0 Å². The molecule has 0 aliphatic heterocycles. The lowest BCUT2D eigenvalue weighted by atomic mass is 9.85. The van der Waals surface area contributed by atoms with E-state index in [2.05, 4.69) is 22.2 Å². The summed E-state index contributed by atoms with van der Waals surface area (Å²) in [5.41, 5.74) is 5.72. The highest BCUT2D eigenvalue weighted by Crippen LogP contribution is 2.40. The standard InChI is InChI=1S/C21H21N3O/c1-2-14-12-17-19(18(25)13-14)21(23-16-6-4-3-5-7-16)20(24-17)15-8-10-22-11-9-15/h3-11,14,23-24H,2,12-13H2,1H3. The number of rotatable bonds is 4. The van der Waals surface area contributed by atoms with Crippen LogP contribution < -0.4 is 5.32 Å².